The van der Waals surface area contributed by atoms with Gasteiger partial charge in [-0.1, -0.05) is 6.92 Å². The highest BCUT2D eigenvalue weighted by atomic mass is 15.2. The van der Waals surface area contributed by atoms with E-state index in [0.717, 1.165) is 12.5 Å². The average Bonchev–Trinajstić information content (AvgIpc) is 2.13. The molecule has 1 saturated heterocycles. The smallest absolute Gasteiger partial charge is 0.0139 e. The Kier molecular flexibility index (Phi) is 2.69. The van der Waals surface area contributed by atoms with Gasteiger partial charge >= 0.3 is 0 Å². The Morgan fingerprint density at radius 3 is 2.80 bits per heavy atom. The Balaban J connectivity index is 2.18. The van der Waals surface area contributed by atoms with E-state index < -0.39 is 0 Å². The normalized spacial score (nSPS) is 30.9. The van der Waals surface area contributed by atoms with Crippen molar-refractivity contribution in [2.45, 2.75) is 26.3 Å². The maximum atomic E-state index is 5.68. The molecule has 1 unspecified atom stereocenters. The van der Waals surface area contributed by atoms with Crippen LogP contribution < -0.4 is 5.73 Å². The summed E-state index contributed by atoms with van der Waals surface area (Å²) >= 11 is 0. The van der Waals surface area contributed by atoms with Crippen LogP contribution >= 0.6 is 0 Å². The fourth-order valence-electron chi connectivity index (χ4n) is 1.60. The van der Waals surface area contributed by atoms with Gasteiger partial charge in [-0.3, -0.25) is 0 Å². The van der Waals surface area contributed by atoms with Crippen molar-refractivity contribution in [1.29, 1.82) is 0 Å². The number of rotatable bonds is 2. The molecule has 0 bridgehead atoms. The van der Waals surface area contributed by atoms with Gasteiger partial charge in [-0.15, -0.1) is 0 Å². The largest absolute Gasteiger partial charge is 0.327 e. The summed E-state index contributed by atoms with van der Waals surface area (Å²) < 4.78 is 0. The number of hydrogen-bond donors (Lipinski definition) is 1. The van der Waals surface area contributed by atoms with E-state index in [1.807, 2.05) is 0 Å². The molecule has 0 aromatic carbocycles. The van der Waals surface area contributed by atoms with Crippen LogP contribution in [-0.4, -0.2) is 30.6 Å². The lowest BCUT2D eigenvalue weighted by atomic mass is 10.2. The van der Waals surface area contributed by atoms with Gasteiger partial charge in [0.1, 0.15) is 0 Å². The number of likely N-dealkylation sites (tertiary alicyclic amines) is 1. The van der Waals surface area contributed by atoms with Crippen LogP contribution in [0.2, 0.25) is 0 Å². The zero-order valence-electron chi connectivity index (χ0n) is 7.01. The summed E-state index contributed by atoms with van der Waals surface area (Å²) in [6, 6.07) is 0.338. The first-order chi connectivity index (χ1) is 4.68. The van der Waals surface area contributed by atoms with Crippen LogP contribution in [0.15, 0.2) is 0 Å². The lowest BCUT2D eigenvalue weighted by Gasteiger charge is -2.17. The van der Waals surface area contributed by atoms with Crippen molar-refractivity contribution in [2.24, 2.45) is 11.7 Å². The van der Waals surface area contributed by atoms with E-state index in [1.54, 1.807) is 0 Å². The molecule has 1 aliphatic heterocycles. The van der Waals surface area contributed by atoms with Gasteiger partial charge in [0.25, 0.3) is 0 Å². The van der Waals surface area contributed by atoms with Crippen LogP contribution in [0.4, 0.5) is 0 Å². The second kappa shape index (κ2) is 3.35. The summed E-state index contributed by atoms with van der Waals surface area (Å²) in [6.45, 7) is 7.96. The molecule has 0 amide bonds. The summed E-state index contributed by atoms with van der Waals surface area (Å²) in [5, 5.41) is 0. The highest BCUT2D eigenvalue weighted by Gasteiger charge is 2.18. The highest BCUT2D eigenvalue weighted by Crippen LogP contribution is 2.14. The van der Waals surface area contributed by atoms with Crippen LogP contribution in [0, 0.1) is 5.92 Å². The van der Waals surface area contributed by atoms with Crippen molar-refractivity contribution in [3.63, 3.8) is 0 Å². The zero-order chi connectivity index (χ0) is 7.56. The van der Waals surface area contributed by atoms with E-state index in [2.05, 4.69) is 18.7 Å². The molecule has 2 atom stereocenters. The predicted octanol–water partition coefficient (Wildman–Crippen LogP) is 0.675. The van der Waals surface area contributed by atoms with E-state index in [9.17, 15) is 0 Å². The summed E-state index contributed by atoms with van der Waals surface area (Å²) in [6.07, 6.45) is 1.35. The minimum absolute atomic E-state index is 0.338. The van der Waals surface area contributed by atoms with Gasteiger partial charge in [0.05, 0.1) is 0 Å². The Morgan fingerprint density at radius 2 is 2.40 bits per heavy atom. The van der Waals surface area contributed by atoms with Gasteiger partial charge in [0.15, 0.2) is 0 Å². The Hall–Kier alpha value is -0.0800. The fraction of sp³-hybridized carbons (Fsp3) is 1.00. The standard InChI is InChI=1S/C8H18N2/c1-7-3-4-10(5-7)6-8(2)9/h7-8H,3-6,9H2,1-2H3/t7?,8-/m1/s1. The second-order valence-electron chi connectivity index (χ2n) is 3.63. The van der Waals surface area contributed by atoms with Crippen molar-refractivity contribution >= 4 is 0 Å². The Bertz CT molecular complexity index is 101. The van der Waals surface area contributed by atoms with Crippen molar-refractivity contribution in [2.75, 3.05) is 19.6 Å². The van der Waals surface area contributed by atoms with Crippen LogP contribution in [-0.2, 0) is 0 Å². The van der Waals surface area contributed by atoms with E-state index in [-0.39, 0.29) is 0 Å². The molecule has 2 nitrogen and oxygen atoms in total. The minimum Gasteiger partial charge on any atom is -0.327 e. The summed E-state index contributed by atoms with van der Waals surface area (Å²) in [7, 11) is 0. The molecule has 0 radical (unpaired) electrons. The third-order valence-corrected chi connectivity index (χ3v) is 2.05. The Morgan fingerprint density at radius 1 is 1.70 bits per heavy atom. The van der Waals surface area contributed by atoms with Crippen molar-refractivity contribution in [3.05, 3.63) is 0 Å². The molecule has 0 saturated carbocycles. The first-order valence-electron chi connectivity index (χ1n) is 4.16. The van der Waals surface area contributed by atoms with Crippen molar-refractivity contribution < 1.29 is 0 Å². The van der Waals surface area contributed by atoms with E-state index >= 15 is 0 Å². The number of nitrogens with two attached hydrogens (primary N) is 1. The molecule has 0 aromatic rings. The third kappa shape index (κ3) is 2.27. The Labute approximate surface area is 63.4 Å². The van der Waals surface area contributed by atoms with Crippen LogP contribution in [0.1, 0.15) is 20.3 Å². The SMILES string of the molecule is CC1CCN(C[C@@H](C)N)C1. The monoisotopic (exact) mass is 142 g/mol. The second-order valence-corrected chi connectivity index (χ2v) is 3.63. The maximum Gasteiger partial charge on any atom is 0.0139 e. The van der Waals surface area contributed by atoms with E-state index in [0.29, 0.717) is 6.04 Å². The third-order valence-electron chi connectivity index (χ3n) is 2.05. The molecule has 1 aliphatic rings. The molecule has 1 heterocycles. The van der Waals surface area contributed by atoms with Crippen LogP contribution in [0.25, 0.3) is 0 Å². The molecular formula is C8H18N2. The first-order valence-corrected chi connectivity index (χ1v) is 4.16. The zero-order valence-corrected chi connectivity index (χ0v) is 7.01. The van der Waals surface area contributed by atoms with Gasteiger partial charge in [-0.05, 0) is 25.8 Å². The molecule has 1 fully saturated rings. The molecule has 1 rings (SSSR count). The summed E-state index contributed by atoms with van der Waals surface area (Å²) in [5.74, 6) is 0.888. The van der Waals surface area contributed by atoms with Gasteiger partial charge in [-0.2, -0.15) is 0 Å². The highest BCUT2D eigenvalue weighted by molar-refractivity contribution is 4.74. The number of hydrogen-bond acceptors (Lipinski definition) is 2. The molecule has 2 heteroatoms. The van der Waals surface area contributed by atoms with Crippen LogP contribution in [0.5, 0.6) is 0 Å². The molecule has 60 valence electrons. The molecule has 0 aromatic heterocycles. The predicted molar refractivity (Wildman–Crippen MR) is 43.9 cm³/mol. The molecule has 2 N–H and O–H groups in total. The fourth-order valence-corrected chi connectivity index (χ4v) is 1.60. The van der Waals surface area contributed by atoms with E-state index in [1.165, 1.54) is 19.5 Å². The average molecular weight is 142 g/mol. The van der Waals surface area contributed by atoms with Gasteiger partial charge in [-0.25, -0.2) is 0 Å². The number of nitrogens with zero attached hydrogens (tertiary/aromatic N) is 1. The minimum atomic E-state index is 0.338. The van der Waals surface area contributed by atoms with Gasteiger partial charge in [0.2, 0.25) is 0 Å². The molecular weight excluding hydrogens is 124 g/mol. The first kappa shape index (κ1) is 8.02. The summed E-state index contributed by atoms with van der Waals surface area (Å²) in [5.41, 5.74) is 5.68. The summed E-state index contributed by atoms with van der Waals surface area (Å²) in [4.78, 5) is 2.45. The van der Waals surface area contributed by atoms with Gasteiger partial charge < -0.3 is 10.6 Å². The molecule has 10 heavy (non-hydrogen) atoms. The quantitative estimate of drug-likeness (QED) is 0.614. The van der Waals surface area contributed by atoms with Crippen LogP contribution in [0.3, 0.4) is 0 Å². The topological polar surface area (TPSA) is 29.3 Å². The lowest BCUT2D eigenvalue weighted by Crippen LogP contribution is -2.33. The van der Waals surface area contributed by atoms with Gasteiger partial charge in [0, 0.05) is 19.1 Å². The van der Waals surface area contributed by atoms with Crippen molar-refractivity contribution in [3.8, 4) is 0 Å². The lowest BCUT2D eigenvalue weighted by molar-refractivity contribution is 0.311. The van der Waals surface area contributed by atoms with Crippen molar-refractivity contribution in [1.82, 2.24) is 4.90 Å². The maximum absolute atomic E-state index is 5.68. The molecule has 0 spiro atoms. The van der Waals surface area contributed by atoms with E-state index in [4.69, 9.17) is 5.73 Å². The molecule has 0 aliphatic carbocycles.